The molecule has 0 aromatic heterocycles. The van der Waals surface area contributed by atoms with Gasteiger partial charge >= 0.3 is 0 Å². The lowest BCUT2D eigenvalue weighted by Gasteiger charge is -2.17. The van der Waals surface area contributed by atoms with Crippen molar-refractivity contribution >= 4 is 5.96 Å². The van der Waals surface area contributed by atoms with Crippen molar-refractivity contribution in [2.45, 2.75) is 26.4 Å². The number of para-hydroxylation sites is 1. The first-order chi connectivity index (χ1) is 15.2. The van der Waals surface area contributed by atoms with Crippen molar-refractivity contribution in [3.63, 3.8) is 0 Å². The topological polar surface area (TPSA) is 64.1 Å². The van der Waals surface area contributed by atoms with Crippen molar-refractivity contribution < 1.29 is 14.2 Å². The summed E-state index contributed by atoms with van der Waals surface area (Å²) in [7, 11) is 1.77. The van der Waals surface area contributed by atoms with E-state index in [9.17, 15) is 0 Å². The Morgan fingerprint density at radius 2 is 1.90 bits per heavy atom. The molecule has 0 radical (unpaired) electrons. The van der Waals surface area contributed by atoms with Crippen molar-refractivity contribution in [2.75, 3.05) is 33.5 Å². The fourth-order valence-corrected chi connectivity index (χ4v) is 3.38. The molecule has 1 saturated heterocycles. The quantitative estimate of drug-likeness (QED) is 0.345. The van der Waals surface area contributed by atoms with Crippen LogP contribution in [0.25, 0.3) is 0 Å². The maximum atomic E-state index is 6.15. The highest BCUT2D eigenvalue weighted by Gasteiger charge is 2.17. The number of nitrogens with zero attached hydrogens (tertiary/aromatic N) is 1. The first-order valence-electron chi connectivity index (χ1n) is 10.8. The number of aryl methyl sites for hydroxylation is 1. The molecule has 1 unspecified atom stereocenters. The largest absolute Gasteiger partial charge is 0.493 e. The van der Waals surface area contributed by atoms with E-state index >= 15 is 0 Å². The molecule has 0 saturated carbocycles. The van der Waals surface area contributed by atoms with E-state index in [4.69, 9.17) is 14.2 Å². The van der Waals surface area contributed by atoms with Gasteiger partial charge in [-0.25, -0.2) is 0 Å². The maximum Gasteiger partial charge on any atom is 0.191 e. The molecule has 0 aliphatic carbocycles. The van der Waals surface area contributed by atoms with Gasteiger partial charge in [-0.05, 0) is 31.0 Å². The molecule has 166 valence electrons. The lowest BCUT2D eigenvalue weighted by molar-refractivity contribution is 0.166. The summed E-state index contributed by atoms with van der Waals surface area (Å²) in [6, 6.07) is 14.3. The van der Waals surface area contributed by atoms with Gasteiger partial charge in [0.1, 0.15) is 18.1 Å². The second-order valence-corrected chi connectivity index (χ2v) is 7.64. The maximum absolute atomic E-state index is 6.15. The smallest absolute Gasteiger partial charge is 0.191 e. The van der Waals surface area contributed by atoms with Crippen LogP contribution >= 0.6 is 0 Å². The highest BCUT2D eigenvalue weighted by molar-refractivity contribution is 5.79. The summed E-state index contributed by atoms with van der Waals surface area (Å²) in [5, 5.41) is 6.74. The summed E-state index contributed by atoms with van der Waals surface area (Å²) < 4.78 is 17.3. The van der Waals surface area contributed by atoms with Crippen molar-refractivity contribution in [3.05, 3.63) is 71.8 Å². The first-order valence-corrected chi connectivity index (χ1v) is 10.8. The molecule has 1 aliphatic rings. The minimum absolute atomic E-state index is 0.471. The second kappa shape index (κ2) is 12.0. The standard InChI is InChI=1S/C25H33N3O3/c1-4-12-30-23-8-6-5-7-21(23)15-27-25(26-3)28-16-22-10-9-19(2)14-24(22)31-18-20-11-13-29-17-20/h4-10,14,20H,1,11-13,15-18H2,2-3H3,(H2,26,27,28). The summed E-state index contributed by atoms with van der Waals surface area (Å²) >= 11 is 0. The predicted molar refractivity (Wildman–Crippen MR) is 125 cm³/mol. The zero-order valence-electron chi connectivity index (χ0n) is 18.5. The van der Waals surface area contributed by atoms with E-state index in [-0.39, 0.29) is 0 Å². The number of nitrogens with one attached hydrogen (secondary N) is 2. The average Bonchev–Trinajstić information content (AvgIpc) is 3.31. The van der Waals surface area contributed by atoms with Crippen LogP contribution in [0, 0.1) is 12.8 Å². The highest BCUT2D eigenvalue weighted by Crippen LogP contribution is 2.23. The molecule has 2 aromatic carbocycles. The number of hydrogen-bond donors (Lipinski definition) is 2. The van der Waals surface area contributed by atoms with E-state index in [0.29, 0.717) is 38.2 Å². The van der Waals surface area contributed by atoms with Gasteiger partial charge < -0.3 is 24.8 Å². The number of hydrogen-bond acceptors (Lipinski definition) is 4. The van der Waals surface area contributed by atoms with Crippen LogP contribution < -0.4 is 20.1 Å². The molecule has 31 heavy (non-hydrogen) atoms. The molecular weight excluding hydrogens is 390 g/mol. The van der Waals surface area contributed by atoms with Crippen LogP contribution in [0.1, 0.15) is 23.1 Å². The molecule has 3 rings (SSSR count). The predicted octanol–water partition coefficient (Wildman–Crippen LogP) is 3.84. The molecule has 0 spiro atoms. The molecule has 0 bridgehead atoms. The lowest BCUT2D eigenvalue weighted by Crippen LogP contribution is -2.36. The molecule has 2 N–H and O–H groups in total. The van der Waals surface area contributed by atoms with Gasteiger partial charge in [0.15, 0.2) is 5.96 Å². The molecule has 1 atom stereocenters. The monoisotopic (exact) mass is 423 g/mol. The van der Waals surface area contributed by atoms with E-state index in [0.717, 1.165) is 42.3 Å². The van der Waals surface area contributed by atoms with E-state index in [2.05, 4.69) is 47.3 Å². The molecule has 6 heteroatoms. The number of ether oxygens (including phenoxy) is 3. The highest BCUT2D eigenvalue weighted by atomic mass is 16.5. The van der Waals surface area contributed by atoms with Crippen LogP contribution in [0.15, 0.2) is 60.1 Å². The Morgan fingerprint density at radius 1 is 1.13 bits per heavy atom. The summed E-state index contributed by atoms with van der Waals surface area (Å²) in [6.45, 7) is 9.79. The molecule has 1 fully saturated rings. The summed E-state index contributed by atoms with van der Waals surface area (Å²) in [4.78, 5) is 4.35. The molecular formula is C25H33N3O3. The van der Waals surface area contributed by atoms with Gasteiger partial charge in [-0.15, -0.1) is 0 Å². The number of aliphatic imine (C=N–C) groups is 1. The van der Waals surface area contributed by atoms with Gasteiger partial charge in [-0.3, -0.25) is 4.99 Å². The van der Waals surface area contributed by atoms with Crippen LogP contribution in [0.2, 0.25) is 0 Å². The van der Waals surface area contributed by atoms with Crippen LogP contribution in [-0.2, 0) is 17.8 Å². The molecule has 1 aliphatic heterocycles. The zero-order valence-corrected chi connectivity index (χ0v) is 18.5. The fraction of sp³-hybridized carbons (Fsp3) is 0.400. The van der Waals surface area contributed by atoms with Gasteiger partial charge in [-0.2, -0.15) is 0 Å². The third kappa shape index (κ3) is 7.03. The summed E-state index contributed by atoms with van der Waals surface area (Å²) in [5.74, 6) is 2.95. The van der Waals surface area contributed by atoms with Gasteiger partial charge in [0.25, 0.3) is 0 Å². The zero-order chi connectivity index (χ0) is 21.9. The third-order valence-electron chi connectivity index (χ3n) is 5.17. The van der Waals surface area contributed by atoms with E-state index in [1.165, 1.54) is 5.56 Å². The SMILES string of the molecule is C=CCOc1ccccc1CNC(=NC)NCc1ccc(C)cc1OCC1CCOC1. The van der Waals surface area contributed by atoms with E-state index in [1.807, 2.05) is 24.3 Å². The van der Waals surface area contributed by atoms with Crippen molar-refractivity contribution in [1.29, 1.82) is 0 Å². The summed E-state index contributed by atoms with van der Waals surface area (Å²) in [5.41, 5.74) is 3.34. The van der Waals surface area contributed by atoms with Crippen molar-refractivity contribution in [2.24, 2.45) is 10.9 Å². The Labute approximate surface area is 185 Å². The second-order valence-electron chi connectivity index (χ2n) is 7.64. The molecule has 6 nitrogen and oxygen atoms in total. The van der Waals surface area contributed by atoms with E-state index in [1.54, 1.807) is 13.1 Å². The lowest BCUT2D eigenvalue weighted by atomic mass is 10.1. The number of rotatable bonds is 10. The molecule has 1 heterocycles. The van der Waals surface area contributed by atoms with Crippen LogP contribution in [0.4, 0.5) is 0 Å². The number of benzene rings is 2. The van der Waals surface area contributed by atoms with Crippen LogP contribution in [0.5, 0.6) is 11.5 Å². The minimum Gasteiger partial charge on any atom is -0.493 e. The van der Waals surface area contributed by atoms with E-state index < -0.39 is 0 Å². The Bertz CT molecular complexity index is 876. The van der Waals surface area contributed by atoms with Gasteiger partial charge in [0.2, 0.25) is 0 Å². The summed E-state index contributed by atoms with van der Waals surface area (Å²) in [6.07, 6.45) is 2.81. The Hall–Kier alpha value is -2.99. The van der Waals surface area contributed by atoms with Gasteiger partial charge in [0.05, 0.1) is 13.2 Å². The normalized spacial score (nSPS) is 16.1. The average molecular weight is 424 g/mol. The van der Waals surface area contributed by atoms with Crippen molar-refractivity contribution in [1.82, 2.24) is 10.6 Å². The van der Waals surface area contributed by atoms with Crippen LogP contribution in [-0.4, -0.2) is 39.4 Å². The molecule has 0 amide bonds. The minimum atomic E-state index is 0.471. The first kappa shape index (κ1) is 22.7. The number of guanidine groups is 1. The van der Waals surface area contributed by atoms with Gasteiger partial charge in [-0.1, -0.05) is 43.0 Å². The Kier molecular flexibility index (Phi) is 8.79. The fourth-order valence-electron chi connectivity index (χ4n) is 3.38. The van der Waals surface area contributed by atoms with Gasteiger partial charge in [0, 0.05) is 43.8 Å². The Morgan fingerprint density at radius 3 is 2.61 bits per heavy atom. The third-order valence-corrected chi connectivity index (χ3v) is 5.17. The molecule has 2 aromatic rings. The van der Waals surface area contributed by atoms with Crippen molar-refractivity contribution in [3.8, 4) is 11.5 Å². The Balaban J connectivity index is 1.56. The van der Waals surface area contributed by atoms with Crippen LogP contribution in [0.3, 0.4) is 0 Å².